The number of nitrogens with zero attached hydrogens (tertiary/aromatic N) is 2. The normalized spacial score (nSPS) is 11.4. The van der Waals surface area contributed by atoms with Crippen LogP contribution in [0.4, 0.5) is 17.1 Å². The molecule has 1 aromatic heterocycles. The third kappa shape index (κ3) is 6.35. The molecular formula is C62H42N2. The Labute approximate surface area is 373 Å². The molecule has 12 rings (SSSR count). The van der Waals surface area contributed by atoms with Gasteiger partial charge in [0.25, 0.3) is 0 Å². The molecule has 0 aliphatic carbocycles. The fourth-order valence-corrected chi connectivity index (χ4v) is 9.86. The average molecular weight is 815 g/mol. The molecule has 11 aromatic carbocycles. The van der Waals surface area contributed by atoms with Gasteiger partial charge >= 0.3 is 0 Å². The number of para-hydroxylation sites is 4. The lowest BCUT2D eigenvalue weighted by Gasteiger charge is -2.29. The first-order valence-electron chi connectivity index (χ1n) is 22.0. The lowest BCUT2D eigenvalue weighted by molar-refractivity contribution is 1.18. The average Bonchev–Trinajstić information content (AvgIpc) is 3.71. The minimum Gasteiger partial charge on any atom is -0.310 e. The Morgan fingerprint density at radius 1 is 0.266 bits per heavy atom. The van der Waals surface area contributed by atoms with Gasteiger partial charge < -0.3 is 9.47 Å². The first-order valence-corrected chi connectivity index (χ1v) is 22.0. The van der Waals surface area contributed by atoms with Crippen molar-refractivity contribution in [1.82, 2.24) is 4.57 Å². The molecule has 64 heavy (non-hydrogen) atoms. The first kappa shape index (κ1) is 37.3. The van der Waals surface area contributed by atoms with Crippen LogP contribution < -0.4 is 4.90 Å². The Morgan fingerprint density at radius 2 is 0.703 bits per heavy atom. The van der Waals surface area contributed by atoms with Crippen molar-refractivity contribution in [3.05, 3.63) is 255 Å². The molecule has 0 spiro atoms. The lowest BCUT2D eigenvalue weighted by Crippen LogP contribution is -2.11. The van der Waals surface area contributed by atoms with Crippen LogP contribution >= 0.6 is 0 Å². The van der Waals surface area contributed by atoms with Gasteiger partial charge in [0.15, 0.2) is 0 Å². The highest BCUT2D eigenvalue weighted by atomic mass is 15.1. The van der Waals surface area contributed by atoms with Crippen molar-refractivity contribution in [2.24, 2.45) is 0 Å². The standard InChI is InChI=1S/C62H42N2/c1-3-18-43(19-4-1)44-34-38-48(39-35-44)63(59-31-14-13-28-57(59)58-42-47-22-7-8-23-50(47)53-24-9-10-25-54(53)58)49-40-36-46(37-41-49)52-30-17-29-51(45-20-5-2-6-21-45)62(52)64-60-32-15-11-26-55(60)56-27-12-16-33-61(56)64/h1-42H. The summed E-state index contributed by atoms with van der Waals surface area (Å²) in [6, 6.07) is 92.7. The molecule has 0 unspecified atom stereocenters. The summed E-state index contributed by atoms with van der Waals surface area (Å²) in [5.74, 6) is 0. The highest BCUT2D eigenvalue weighted by molar-refractivity contribution is 6.15. The second kappa shape index (κ2) is 15.8. The van der Waals surface area contributed by atoms with Crippen LogP contribution in [0.3, 0.4) is 0 Å². The third-order valence-corrected chi connectivity index (χ3v) is 12.8. The predicted octanol–water partition coefficient (Wildman–Crippen LogP) is 17.2. The molecule has 0 fully saturated rings. The van der Waals surface area contributed by atoms with Crippen molar-refractivity contribution in [3.8, 4) is 50.2 Å². The van der Waals surface area contributed by atoms with Crippen molar-refractivity contribution >= 4 is 60.4 Å². The van der Waals surface area contributed by atoms with Crippen molar-refractivity contribution in [1.29, 1.82) is 0 Å². The van der Waals surface area contributed by atoms with Crippen LogP contribution in [0.1, 0.15) is 0 Å². The maximum absolute atomic E-state index is 2.47. The van der Waals surface area contributed by atoms with E-state index in [1.165, 1.54) is 88.0 Å². The molecule has 0 radical (unpaired) electrons. The molecule has 0 saturated carbocycles. The number of anilines is 3. The van der Waals surface area contributed by atoms with Gasteiger partial charge in [-0.15, -0.1) is 0 Å². The Morgan fingerprint density at radius 3 is 1.34 bits per heavy atom. The molecule has 0 saturated heterocycles. The summed E-state index contributed by atoms with van der Waals surface area (Å²) >= 11 is 0. The van der Waals surface area contributed by atoms with E-state index in [0.717, 1.165) is 22.6 Å². The van der Waals surface area contributed by atoms with Crippen LogP contribution in [0, 0.1) is 0 Å². The molecule has 1 heterocycles. The van der Waals surface area contributed by atoms with Crippen LogP contribution in [0.15, 0.2) is 255 Å². The molecule has 0 aliphatic heterocycles. The Hall–Kier alpha value is -8.46. The van der Waals surface area contributed by atoms with Gasteiger partial charge in [-0.25, -0.2) is 0 Å². The van der Waals surface area contributed by atoms with Gasteiger partial charge in [-0.2, -0.15) is 0 Å². The summed E-state index contributed by atoms with van der Waals surface area (Å²) in [5.41, 5.74) is 16.3. The zero-order valence-electron chi connectivity index (χ0n) is 35.1. The number of benzene rings is 11. The summed E-state index contributed by atoms with van der Waals surface area (Å²) in [6.45, 7) is 0. The van der Waals surface area contributed by atoms with Crippen LogP contribution in [-0.2, 0) is 0 Å². The van der Waals surface area contributed by atoms with E-state index in [-0.39, 0.29) is 0 Å². The highest BCUT2D eigenvalue weighted by Crippen LogP contribution is 2.46. The monoisotopic (exact) mass is 814 g/mol. The summed E-state index contributed by atoms with van der Waals surface area (Å²) in [7, 11) is 0. The van der Waals surface area contributed by atoms with Crippen LogP contribution in [0.2, 0.25) is 0 Å². The van der Waals surface area contributed by atoms with Crippen LogP contribution in [0.25, 0.3) is 93.5 Å². The first-order chi connectivity index (χ1) is 31.8. The van der Waals surface area contributed by atoms with Gasteiger partial charge in [0.05, 0.1) is 22.4 Å². The molecule has 0 amide bonds. The number of fused-ring (bicyclic) bond motifs is 6. The summed E-state index contributed by atoms with van der Waals surface area (Å²) in [5, 5.41) is 7.47. The number of hydrogen-bond acceptors (Lipinski definition) is 1. The zero-order chi connectivity index (χ0) is 42.4. The molecule has 0 N–H and O–H groups in total. The topological polar surface area (TPSA) is 8.17 Å². The SMILES string of the molecule is c1ccc(-c2ccc(N(c3ccc(-c4cccc(-c5ccccc5)c4-n4c5ccccc5c5ccccc54)cc3)c3ccccc3-c3cc4ccccc4c4ccccc34)cc2)cc1. The van der Waals surface area contributed by atoms with Gasteiger partial charge in [-0.3, -0.25) is 0 Å². The van der Waals surface area contributed by atoms with E-state index < -0.39 is 0 Å². The Kier molecular flexibility index (Phi) is 9.20. The summed E-state index contributed by atoms with van der Waals surface area (Å²) in [6.07, 6.45) is 0. The maximum Gasteiger partial charge on any atom is 0.0618 e. The number of aromatic nitrogens is 1. The molecular weight excluding hydrogens is 773 g/mol. The summed E-state index contributed by atoms with van der Waals surface area (Å²) < 4.78 is 2.47. The van der Waals surface area contributed by atoms with Crippen molar-refractivity contribution in [2.45, 2.75) is 0 Å². The molecule has 300 valence electrons. The van der Waals surface area contributed by atoms with E-state index in [1.54, 1.807) is 0 Å². The predicted molar refractivity (Wildman–Crippen MR) is 272 cm³/mol. The van der Waals surface area contributed by atoms with E-state index in [2.05, 4.69) is 264 Å². The van der Waals surface area contributed by atoms with E-state index in [0.29, 0.717) is 0 Å². The molecule has 0 atom stereocenters. The number of rotatable bonds is 8. The Bertz CT molecular complexity index is 3590. The van der Waals surface area contributed by atoms with Crippen molar-refractivity contribution in [2.75, 3.05) is 4.90 Å². The largest absolute Gasteiger partial charge is 0.310 e. The molecule has 2 heteroatoms. The second-order valence-corrected chi connectivity index (χ2v) is 16.4. The zero-order valence-corrected chi connectivity index (χ0v) is 35.1. The lowest BCUT2D eigenvalue weighted by atomic mass is 9.92. The quantitative estimate of drug-likeness (QED) is 0.139. The van der Waals surface area contributed by atoms with Gasteiger partial charge in [-0.1, -0.05) is 206 Å². The third-order valence-electron chi connectivity index (χ3n) is 12.8. The van der Waals surface area contributed by atoms with Gasteiger partial charge in [-0.05, 0) is 97.9 Å². The molecule has 12 aromatic rings. The minimum absolute atomic E-state index is 1.08. The fraction of sp³-hybridized carbons (Fsp3) is 0. The molecule has 0 bridgehead atoms. The van der Waals surface area contributed by atoms with Gasteiger partial charge in [0, 0.05) is 38.8 Å². The van der Waals surface area contributed by atoms with Gasteiger partial charge in [0.1, 0.15) is 0 Å². The molecule has 2 nitrogen and oxygen atoms in total. The van der Waals surface area contributed by atoms with E-state index in [9.17, 15) is 0 Å². The van der Waals surface area contributed by atoms with Crippen molar-refractivity contribution < 1.29 is 0 Å². The molecule has 0 aliphatic rings. The number of hydrogen-bond donors (Lipinski definition) is 0. The van der Waals surface area contributed by atoms with E-state index >= 15 is 0 Å². The van der Waals surface area contributed by atoms with Gasteiger partial charge in [0.2, 0.25) is 0 Å². The Balaban J connectivity index is 1.06. The van der Waals surface area contributed by atoms with Crippen LogP contribution in [0.5, 0.6) is 0 Å². The van der Waals surface area contributed by atoms with Crippen LogP contribution in [-0.4, -0.2) is 4.57 Å². The minimum atomic E-state index is 1.08. The second-order valence-electron chi connectivity index (χ2n) is 16.4. The highest BCUT2D eigenvalue weighted by Gasteiger charge is 2.22. The maximum atomic E-state index is 2.47. The van der Waals surface area contributed by atoms with E-state index in [4.69, 9.17) is 0 Å². The fourth-order valence-electron chi connectivity index (χ4n) is 9.86. The summed E-state index contributed by atoms with van der Waals surface area (Å²) in [4.78, 5) is 2.42. The smallest absolute Gasteiger partial charge is 0.0618 e. The van der Waals surface area contributed by atoms with Crippen molar-refractivity contribution in [3.63, 3.8) is 0 Å². The van der Waals surface area contributed by atoms with E-state index in [1.807, 2.05) is 0 Å².